The fraction of sp³-hybridized carbons (Fsp3) is 0.400. The fourth-order valence-electron chi connectivity index (χ4n) is 5.11. The molecule has 0 saturated heterocycles. The van der Waals surface area contributed by atoms with Gasteiger partial charge in [-0.2, -0.15) is 0 Å². The lowest BCUT2D eigenvalue weighted by atomic mass is 9.94. The van der Waals surface area contributed by atoms with Gasteiger partial charge in [-0.05, 0) is 42.5 Å². The summed E-state index contributed by atoms with van der Waals surface area (Å²) in [6.07, 6.45) is 5.24. The minimum absolute atomic E-state index is 0.0463. The first-order valence-corrected chi connectivity index (χ1v) is 14.0. The molecule has 1 fully saturated rings. The molecule has 3 aromatic rings. The summed E-state index contributed by atoms with van der Waals surface area (Å²) in [6, 6.07) is 13.4. The van der Waals surface area contributed by atoms with E-state index in [0.717, 1.165) is 37.0 Å². The maximum absolute atomic E-state index is 14.2. The molecule has 1 unspecified atom stereocenters. The number of rotatable bonds is 11. The van der Waals surface area contributed by atoms with Crippen LogP contribution in [0.3, 0.4) is 0 Å². The van der Waals surface area contributed by atoms with Crippen LogP contribution in [0.15, 0.2) is 53.9 Å². The number of nitrogens with zero attached hydrogens (tertiary/aromatic N) is 1. The van der Waals surface area contributed by atoms with Crippen LogP contribution in [-0.4, -0.2) is 46.3 Å². The van der Waals surface area contributed by atoms with Crippen molar-refractivity contribution in [2.45, 2.75) is 50.6 Å². The SMILES string of the molecule is COc1ccc(N(C(=O)Cc2cccs2)C(C(=O)NC2CCCCC2)c2cccc(OC)c2OC)cc1OC. The van der Waals surface area contributed by atoms with E-state index >= 15 is 0 Å². The van der Waals surface area contributed by atoms with Crippen LogP contribution >= 0.6 is 11.3 Å². The molecule has 0 bridgehead atoms. The Balaban J connectivity index is 1.88. The van der Waals surface area contributed by atoms with Gasteiger partial charge in [0, 0.05) is 28.2 Å². The molecule has 8 nitrogen and oxygen atoms in total. The molecule has 0 spiro atoms. The van der Waals surface area contributed by atoms with Gasteiger partial charge >= 0.3 is 0 Å². The third-order valence-corrected chi connectivity index (χ3v) is 7.88. The van der Waals surface area contributed by atoms with Gasteiger partial charge in [-0.15, -0.1) is 11.3 Å². The van der Waals surface area contributed by atoms with Gasteiger partial charge in [-0.1, -0.05) is 37.5 Å². The van der Waals surface area contributed by atoms with Crippen LogP contribution in [0.5, 0.6) is 23.0 Å². The molecule has 1 N–H and O–H groups in total. The molecular formula is C30H36N2O6S. The first-order valence-electron chi connectivity index (χ1n) is 13.1. The lowest BCUT2D eigenvalue weighted by molar-refractivity contribution is -0.127. The highest BCUT2D eigenvalue weighted by Gasteiger charge is 2.37. The Bertz CT molecular complexity index is 1260. The number of ether oxygens (including phenoxy) is 4. The lowest BCUT2D eigenvalue weighted by Gasteiger charge is -2.34. The summed E-state index contributed by atoms with van der Waals surface area (Å²) in [6.45, 7) is 0. The number of anilines is 1. The van der Waals surface area contributed by atoms with Gasteiger partial charge in [0.05, 0.1) is 34.9 Å². The van der Waals surface area contributed by atoms with Crippen molar-refractivity contribution in [2.75, 3.05) is 33.3 Å². The van der Waals surface area contributed by atoms with Gasteiger partial charge in [0.1, 0.15) is 6.04 Å². The lowest BCUT2D eigenvalue weighted by Crippen LogP contribution is -2.47. The fourth-order valence-corrected chi connectivity index (χ4v) is 5.81. The molecule has 1 heterocycles. The van der Waals surface area contributed by atoms with Crippen LogP contribution in [0.25, 0.3) is 0 Å². The molecule has 1 atom stereocenters. The summed E-state index contributed by atoms with van der Waals surface area (Å²) in [5.41, 5.74) is 1.03. The van der Waals surface area contributed by atoms with Crippen molar-refractivity contribution < 1.29 is 28.5 Å². The minimum atomic E-state index is -1.03. The average Bonchev–Trinajstić information content (AvgIpc) is 3.48. The van der Waals surface area contributed by atoms with Crippen molar-refractivity contribution in [2.24, 2.45) is 0 Å². The van der Waals surface area contributed by atoms with Crippen molar-refractivity contribution in [1.29, 1.82) is 0 Å². The molecule has 208 valence electrons. The number of hydrogen-bond donors (Lipinski definition) is 1. The molecule has 9 heteroatoms. The van der Waals surface area contributed by atoms with Crippen LogP contribution in [0.1, 0.15) is 48.6 Å². The predicted octanol–water partition coefficient (Wildman–Crippen LogP) is 5.55. The summed E-state index contributed by atoms with van der Waals surface area (Å²) in [5, 5.41) is 5.17. The van der Waals surface area contributed by atoms with E-state index in [0.29, 0.717) is 34.2 Å². The number of hydrogen-bond acceptors (Lipinski definition) is 7. The van der Waals surface area contributed by atoms with Crippen LogP contribution < -0.4 is 29.2 Å². The molecule has 1 aliphatic rings. The Morgan fingerprint density at radius 2 is 1.64 bits per heavy atom. The molecule has 0 aliphatic heterocycles. The molecular weight excluding hydrogens is 516 g/mol. The first kappa shape index (κ1) is 28.3. The Kier molecular flexibility index (Phi) is 9.70. The Labute approximate surface area is 233 Å². The second-order valence-electron chi connectivity index (χ2n) is 9.39. The second-order valence-corrected chi connectivity index (χ2v) is 10.4. The van der Waals surface area contributed by atoms with Gasteiger partial charge in [-0.25, -0.2) is 0 Å². The number of carbonyl (C=O) groups excluding carboxylic acids is 2. The zero-order valence-corrected chi connectivity index (χ0v) is 23.7. The number of thiophene rings is 1. The van der Waals surface area contributed by atoms with Crippen LogP contribution in [0, 0.1) is 0 Å². The first-order chi connectivity index (χ1) is 19.0. The van der Waals surface area contributed by atoms with E-state index in [9.17, 15) is 9.59 Å². The van der Waals surface area contributed by atoms with Crippen molar-refractivity contribution in [3.05, 3.63) is 64.4 Å². The number of methoxy groups -OCH3 is 4. The van der Waals surface area contributed by atoms with Crippen molar-refractivity contribution in [3.8, 4) is 23.0 Å². The normalized spacial score (nSPS) is 14.3. The molecule has 0 radical (unpaired) electrons. The van der Waals surface area contributed by atoms with Crippen LogP contribution in [0.2, 0.25) is 0 Å². The summed E-state index contributed by atoms with van der Waals surface area (Å²) >= 11 is 1.50. The van der Waals surface area contributed by atoms with Gasteiger partial charge in [0.2, 0.25) is 11.8 Å². The molecule has 2 aromatic carbocycles. The zero-order chi connectivity index (χ0) is 27.8. The highest BCUT2D eigenvalue weighted by molar-refractivity contribution is 7.10. The second kappa shape index (κ2) is 13.4. The van der Waals surface area contributed by atoms with Gasteiger partial charge < -0.3 is 24.3 Å². The third kappa shape index (κ3) is 6.47. The van der Waals surface area contributed by atoms with Gasteiger partial charge in [0.25, 0.3) is 0 Å². The Morgan fingerprint density at radius 3 is 2.28 bits per heavy atom. The third-order valence-electron chi connectivity index (χ3n) is 7.01. The molecule has 1 saturated carbocycles. The smallest absolute Gasteiger partial charge is 0.248 e. The number of nitrogens with one attached hydrogen (secondary N) is 1. The van der Waals surface area contributed by atoms with E-state index in [4.69, 9.17) is 18.9 Å². The van der Waals surface area contributed by atoms with E-state index in [1.807, 2.05) is 17.5 Å². The molecule has 4 rings (SSSR count). The summed E-state index contributed by atoms with van der Waals surface area (Å²) in [5.74, 6) is 1.34. The molecule has 1 aliphatic carbocycles. The highest BCUT2D eigenvalue weighted by atomic mass is 32.1. The van der Waals surface area contributed by atoms with Crippen LogP contribution in [0.4, 0.5) is 5.69 Å². The number of para-hydroxylation sites is 1. The van der Waals surface area contributed by atoms with E-state index in [1.165, 1.54) is 30.5 Å². The number of amides is 2. The number of benzene rings is 2. The quantitative estimate of drug-likeness (QED) is 0.336. The predicted molar refractivity (Wildman–Crippen MR) is 152 cm³/mol. The summed E-state index contributed by atoms with van der Waals surface area (Å²) in [4.78, 5) is 30.8. The van der Waals surface area contributed by atoms with E-state index in [-0.39, 0.29) is 24.3 Å². The van der Waals surface area contributed by atoms with E-state index in [1.54, 1.807) is 50.6 Å². The minimum Gasteiger partial charge on any atom is -0.493 e. The standard InChI is InChI=1S/C30H36N2O6S/c1-35-24-16-15-21(18-26(24)37-3)32(27(33)19-22-12-9-17-39-22)28(30(34)31-20-10-6-5-7-11-20)23-13-8-14-25(36-2)29(23)38-4/h8-9,12-18,20,28H,5-7,10-11,19H2,1-4H3,(H,31,34). The zero-order valence-electron chi connectivity index (χ0n) is 22.9. The Morgan fingerprint density at radius 1 is 0.897 bits per heavy atom. The average molecular weight is 553 g/mol. The maximum atomic E-state index is 14.2. The van der Waals surface area contributed by atoms with E-state index in [2.05, 4.69) is 5.32 Å². The van der Waals surface area contributed by atoms with Crippen molar-refractivity contribution >= 4 is 28.8 Å². The monoisotopic (exact) mass is 552 g/mol. The van der Waals surface area contributed by atoms with Gasteiger partial charge in [0.15, 0.2) is 23.0 Å². The molecule has 1 aromatic heterocycles. The van der Waals surface area contributed by atoms with Gasteiger partial charge in [-0.3, -0.25) is 14.5 Å². The van der Waals surface area contributed by atoms with Crippen LogP contribution in [-0.2, 0) is 16.0 Å². The topological polar surface area (TPSA) is 86.3 Å². The van der Waals surface area contributed by atoms with Crippen molar-refractivity contribution in [3.63, 3.8) is 0 Å². The molecule has 39 heavy (non-hydrogen) atoms. The summed E-state index contributed by atoms with van der Waals surface area (Å²) < 4.78 is 22.3. The van der Waals surface area contributed by atoms with Crippen molar-refractivity contribution in [1.82, 2.24) is 5.32 Å². The van der Waals surface area contributed by atoms with E-state index < -0.39 is 6.04 Å². The molecule has 2 amide bonds. The number of carbonyl (C=O) groups is 2. The summed E-state index contributed by atoms with van der Waals surface area (Å²) in [7, 11) is 6.18. The highest BCUT2D eigenvalue weighted by Crippen LogP contribution is 2.41. The largest absolute Gasteiger partial charge is 0.493 e. The Hall–Kier alpha value is -3.72. The maximum Gasteiger partial charge on any atom is 0.248 e.